The molecule has 18 heavy (non-hydrogen) atoms. The average molecular weight is 257 g/mol. The van der Waals surface area contributed by atoms with Crippen molar-refractivity contribution in [3.05, 3.63) is 0 Å². The summed E-state index contributed by atoms with van der Waals surface area (Å²) in [6.07, 6.45) is 1.03. The van der Waals surface area contributed by atoms with Gasteiger partial charge in [0.2, 0.25) is 5.91 Å². The van der Waals surface area contributed by atoms with Gasteiger partial charge in [0.05, 0.1) is 13.2 Å². The normalized spacial score (nSPS) is 11.1. The number of nitrogens with zero attached hydrogens (tertiary/aromatic N) is 1. The highest BCUT2D eigenvalue weighted by Gasteiger charge is 2.10. The molecule has 0 fully saturated rings. The van der Waals surface area contributed by atoms with Crippen LogP contribution in [0.4, 0.5) is 0 Å². The Morgan fingerprint density at radius 3 is 2.22 bits per heavy atom. The molecule has 0 aromatic carbocycles. The minimum absolute atomic E-state index is 0.0730. The lowest BCUT2D eigenvalue weighted by Crippen LogP contribution is -2.31. The first-order valence-electron chi connectivity index (χ1n) is 6.69. The van der Waals surface area contributed by atoms with Crippen molar-refractivity contribution < 1.29 is 14.3 Å². The molecular weight excluding hydrogens is 230 g/mol. The summed E-state index contributed by atoms with van der Waals surface area (Å²) >= 11 is 0. The van der Waals surface area contributed by atoms with Crippen LogP contribution in [-0.4, -0.2) is 43.4 Å². The van der Waals surface area contributed by atoms with Crippen LogP contribution in [0, 0.1) is 11.8 Å². The van der Waals surface area contributed by atoms with Crippen LogP contribution in [0.5, 0.6) is 0 Å². The highest BCUT2D eigenvalue weighted by atomic mass is 16.5. The molecule has 0 saturated heterocycles. The van der Waals surface area contributed by atoms with Gasteiger partial charge in [-0.05, 0) is 5.92 Å². The zero-order valence-corrected chi connectivity index (χ0v) is 12.4. The lowest BCUT2D eigenvalue weighted by Gasteiger charge is -2.18. The fraction of sp³-hybridized carbons (Fsp3) is 0.857. The molecule has 1 amide bonds. The van der Waals surface area contributed by atoms with Crippen molar-refractivity contribution in [2.45, 2.75) is 40.5 Å². The quantitative estimate of drug-likeness (QED) is 0.594. The fourth-order valence-electron chi connectivity index (χ4n) is 1.39. The number of carbonyl (C=O) groups excluding carboxylic acids is 2. The van der Waals surface area contributed by atoms with Gasteiger partial charge in [-0.2, -0.15) is 0 Å². The van der Waals surface area contributed by atoms with Gasteiger partial charge in [-0.3, -0.25) is 9.59 Å². The van der Waals surface area contributed by atoms with Gasteiger partial charge in [0.1, 0.15) is 5.78 Å². The van der Waals surface area contributed by atoms with E-state index in [-0.39, 0.29) is 17.6 Å². The van der Waals surface area contributed by atoms with Crippen LogP contribution in [0.2, 0.25) is 0 Å². The van der Waals surface area contributed by atoms with Crippen LogP contribution in [-0.2, 0) is 14.3 Å². The third kappa shape index (κ3) is 8.23. The van der Waals surface area contributed by atoms with Gasteiger partial charge in [0.25, 0.3) is 0 Å². The molecule has 0 N–H and O–H groups in total. The Labute approximate surface area is 111 Å². The summed E-state index contributed by atoms with van der Waals surface area (Å²) in [6, 6.07) is 0. The van der Waals surface area contributed by atoms with Gasteiger partial charge in [-0.25, -0.2) is 0 Å². The Bertz CT molecular complexity index is 262. The Balaban J connectivity index is 3.60. The maximum Gasteiger partial charge on any atom is 0.222 e. The Morgan fingerprint density at radius 1 is 1.11 bits per heavy atom. The predicted molar refractivity (Wildman–Crippen MR) is 72.4 cm³/mol. The molecule has 0 aromatic rings. The molecule has 0 heterocycles. The SMILES string of the molecule is CC(C)CC(=O)N(C)CCOCCC(=O)C(C)C. The van der Waals surface area contributed by atoms with Gasteiger partial charge in [-0.1, -0.05) is 27.7 Å². The summed E-state index contributed by atoms with van der Waals surface area (Å²) in [5.74, 6) is 0.819. The average Bonchev–Trinajstić information content (AvgIpc) is 2.26. The Morgan fingerprint density at radius 2 is 1.72 bits per heavy atom. The van der Waals surface area contributed by atoms with E-state index in [1.807, 2.05) is 27.7 Å². The summed E-state index contributed by atoms with van der Waals surface area (Å²) in [5.41, 5.74) is 0. The highest BCUT2D eigenvalue weighted by Crippen LogP contribution is 2.02. The number of likely N-dealkylation sites (N-methyl/N-ethyl adjacent to an activating group) is 1. The minimum Gasteiger partial charge on any atom is -0.379 e. The number of hydrogen-bond donors (Lipinski definition) is 0. The molecule has 0 aliphatic carbocycles. The number of carbonyl (C=O) groups is 2. The molecule has 0 atom stereocenters. The molecular formula is C14H27NO3. The van der Waals surface area contributed by atoms with Crippen LogP contribution in [0.25, 0.3) is 0 Å². The summed E-state index contributed by atoms with van der Waals surface area (Å²) in [6.45, 7) is 9.36. The van der Waals surface area contributed by atoms with E-state index >= 15 is 0 Å². The largest absolute Gasteiger partial charge is 0.379 e. The van der Waals surface area contributed by atoms with Gasteiger partial charge in [0, 0.05) is 32.4 Å². The van der Waals surface area contributed by atoms with E-state index in [0.717, 1.165) is 0 Å². The van der Waals surface area contributed by atoms with Crippen molar-refractivity contribution in [2.24, 2.45) is 11.8 Å². The number of ether oxygens (including phenoxy) is 1. The van der Waals surface area contributed by atoms with Gasteiger partial charge in [0.15, 0.2) is 0 Å². The van der Waals surface area contributed by atoms with E-state index in [2.05, 4.69) is 0 Å². The summed E-state index contributed by atoms with van der Waals surface area (Å²) in [4.78, 5) is 24.6. The molecule has 0 aliphatic rings. The van der Waals surface area contributed by atoms with Crippen molar-refractivity contribution in [2.75, 3.05) is 26.8 Å². The van der Waals surface area contributed by atoms with E-state index in [9.17, 15) is 9.59 Å². The highest BCUT2D eigenvalue weighted by molar-refractivity contribution is 5.80. The molecule has 0 spiro atoms. The van der Waals surface area contributed by atoms with E-state index in [4.69, 9.17) is 4.74 Å². The molecule has 4 nitrogen and oxygen atoms in total. The van der Waals surface area contributed by atoms with Crippen molar-refractivity contribution in [1.29, 1.82) is 0 Å². The molecule has 0 unspecified atom stereocenters. The van der Waals surface area contributed by atoms with Crippen LogP contribution in [0.15, 0.2) is 0 Å². The Hall–Kier alpha value is -0.900. The number of amides is 1. The van der Waals surface area contributed by atoms with Crippen molar-refractivity contribution in [3.63, 3.8) is 0 Å². The summed E-state index contributed by atoms with van der Waals surface area (Å²) in [5, 5.41) is 0. The maximum atomic E-state index is 11.6. The molecule has 4 heteroatoms. The van der Waals surface area contributed by atoms with Crippen LogP contribution in [0.3, 0.4) is 0 Å². The monoisotopic (exact) mass is 257 g/mol. The van der Waals surface area contributed by atoms with E-state index in [0.29, 0.717) is 38.5 Å². The van der Waals surface area contributed by atoms with Crippen molar-refractivity contribution in [1.82, 2.24) is 4.90 Å². The Kier molecular flexibility index (Phi) is 8.63. The number of hydrogen-bond acceptors (Lipinski definition) is 3. The maximum absolute atomic E-state index is 11.6. The van der Waals surface area contributed by atoms with Gasteiger partial charge < -0.3 is 9.64 Å². The second kappa shape index (κ2) is 9.09. The third-order valence-corrected chi connectivity index (χ3v) is 2.72. The van der Waals surface area contributed by atoms with Crippen molar-refractivity contribution in [3.8, 4) is 0 Å². The standard InChI is InChI=1S/C14H27NO3/c1-11(2)10-14(17)15(5)7-9-18-8-6-13(16)12(3)4/h11-12H,6-10H2,1-5H3. The lowest BCUT2D eigenvalue weighted by atomic mass is 10.1. The zero-order chi connectivity index (χ0) is 14.1. The lowest BCUT2D eigenvalue weighted by molar-refractivity contribution is -0.131. The molecule has 0 radical (unpaired) electrons. The first kappa shape index (κ1) is 17.1. The first-order chi connectivity index (χ1) is 8.34. The number of ketones is 1. The molecule has 0 aliphatic heterocycles. The second-order valence-corrected chi connectivity index (χ2v) is 5.40. The topological polar surface area (TPSA) is 46.6 Å². The summed E-state index contributed by atoms with van der Waals surface area (Å²) in [7, 11) is 1.79. The number of Topliss-reactive ketones (excluding diaryl/α,β-unsaturated/α-hetero) is 1. The fourth-order valence-corrected chi connectivity index (χ4v) is 1.39. The second-order valence-electron chi connectivity index (χ2n) is 5.40. The minimum atomic E-state index is 0.0730. The van der Waals surface area contributed by atoms with E-state index < -0.39 is 0 Å². The smallest absolute Gasteiger partial charge is 0.222 e. The molecule has 106 valence electrons. The van der Waals surface area contributed by atoms with E-state index in [1.54, 1.807) is 11.9 Å². The summed E-state index contributed by atoms with van der Waals surface area (Å²) < 4.78 is 5.37. The molecule has 0 aromatic heterocycles. The molecule has 0 bridgehead atoms. The first-order valence-corrected chi connectivity index (χ1v) is 6.69. The third-order valence-electron chi connectivity index (χ3n) is 2.72. The molecule has 0 saturated carbocycles. The van der Waals surface area contributed by atoms with Crippen molar-refractivity contribution >= 4 is 11.7 Å². The number of rotatable bonds is 9. The molecule has 0 rings (SSSR count). The van der Waals surface area contributed by atoms with Crippen LogP contribution < -0.4 is 0 Å². The van der Waals surface area contributed by atoms with Gasteiger partial charge in [-0.15, -0.1) is 0 Å². The van der Waals surface area contributed by atoms with E-state index in [1.165, 1.54) is 0 Å². The predicted octanol–water partition coefficient (Wildman–Crippen LogP) is 2.12. The van der Waals surface area contributed by atoms with Gasteiger partial charge >= 0.3 is 0 Å². The zero-order valence-electron chi connectivity index (χ0n) is 12.4. The van der Waals surface area contributed by atoms with Crippen LogP contribution in [0.1, 0.15) is 40.5 Å². The van der Waals surface area contributed by atoms with Crippen LogP contribution >= 0.6 is 0 Å².